The molecule has 1 aliphatic rings. The van der Waals surface area contributed by atoms with Gasteiger partial charge >= 0.3 is 0 Å². The van der Waals surface area contributed by atoms with Crippen molar-refractivity contribution in [2.75, 3.05) is 0 Å². The van der Waals surface area contributed by atoms with E-state index in [0.717, 1.165) is 64.4 Å². The molecular formula is C62H67IrN3OSi. The van der Waals surface area contributed by atoms with E-state index in [-0.39, 0.29) is 20.1 Å². The molecule has 6 heteroatoms. The van der Waals surface area contributed by atoms with E-state index in [9.17, 15) is 0 Å². The van der Waals surface area contributed by atoms with E-state index in [1.807, 2.05) is 30.6 Å². The first-order valence-electron chi connectivity index (χ1n) is 24.5. The van der Waals surface area contributed by atoms with Gasteiger partial charge < -0.3 is 4.42 Å². The Morgan fingerprint density at radius 3 is 1.71 bits per heavy atom. The minimum atomic E-state index is -1.33. The predicted molar refractivity (Wildman–Crippen MR) is 287 cm³/mol. The quantitative estimate of drug-likeness (QED) is 0.121. The number of rotatable bonds is 11. The van der Waals surface area contributed by atoms with Crippen LogP contribution in [0.15, 0.2) is 181 Å². The molecule has 349 valence electrons. The van der Waals surface area contributed by atoms with Crippen molar-refractivity contribution in [3.63, 3.8) is 0 Å². The third kappa shape index (κ3) is 12.8. The van der Waals surface area contributed by atoms with E-state index in [0.29, 0.717) is 11.8 Å². The second kappa shape index (κ2) is 23.5. The van der Waals surface area contributed by atoms with Crippen LogP contribution in [0, 0.1) is 17.8 Å². The molecule has 1 aliphatic carbocycles. The number of hydrogen-bond acceptors (Lipinski definition) is 4. The van der Waals surface area contributed by atoms with Crippen molar-refractivity contribution in [3.05, 3.63) is 193 Å². The van der Waals surface area contributed by atoms with Crippen molar-refractivity contribution in [3.8, 4) is 44.9 Å². The largest absolute Gasteiger partial charge is 0.455 e. The Morgan fingerprint density at radius 1 is 0.544 bits per heavy atom. The van der Waals surface area contributed by atoms with Crippen LogP contribution in [0.25, 0.3) is 66.8 Å². The molecule has 1 radical (unpaired) electrons. The van der Waals surface area contributed by atoms with E-state index in [2.05, 4.69) is 198 Å². The summed E-state index contributed by atoms with van der Waals surface area (Å²) < 4.78 is 6.43. The second-order valence-electron chi connectivity index (χ2n) is 20.2. The summed E-state index contributed by atoms with van der Waals surface area (Å²) in [6.45, 7) is 16.3. The van der Waals surface area contributed by atoms with Crippen LogP contribution in [0.3, 0.4) is 0 Å². The summed E-state index contributed by atoms with van der Waals surface area (Å²) in [6.07, 6.45) is 14.9. The Kier molecular flexibility index (Phi) is 17.3. The van der Waals surface area contributed by atoms with E-state index in [1.54, 1.807) is 0 Å². The zero-order valence-electron chi connectivity index (χ0n) is 41.0. The summed E-state index contributed by atoms with van der Waals surface area (Å²) in [5, 5.41) is 3.83. The predicted octanol–water partition coefficient (Wildman–Crippen LogP) is 16.5. The Bertz CT molecular complexity index is 2990. The van der Waals surface area contributed by atoms with Crippen LogP contribution in [0.5, 0.6) is 0 Å². The van der Waals surface area contributed by atoms with Crippen molar-refractivity contribution in [2.24, 2.45) is 17.8 Å². The van der Waals surface area contributed by atoms with Crippen molar-refractivity contribution in [2.45, 2.75) is 92.3 Å². The SMILES string of the molecule is CC(C)Cc1cc(-c2ccccc2)ncc1[Si](C)(C)C.CC(C)Cc1ccnc(-c2ccccc2)c1.[Ir].c1ccc(-c2cccc3oc4c(-c5cc(CC6CCCC6)ccn5)cccc4c23)cc1. The molecule has 0 N–H and O–H groups in total. The van der Waals surface area contributed by atoms with Crippen LogP contribution in [0.4, 0.5) is 0 Å². The average Bonchev–Trinajstić information content (AvgIpc) is 4.00. The van der Waals surface area contributed by atoms with E-state index in [1.165, 1.54) is 75.2 Å². The Balaban J connectivity index is 0.000000161. The summed E-state index contributed by atoms with van der Waals surface area (Å²) >= 11 is 0. The van der Waals surface area contributed by atoms with E-state index in [4.69, 9.17) is 14.4 Å². The normalized spacial score (nSPS) is 12.7. The van der Waals surface area contributed by atoms with Crippen molar-refractivity contribution < 1.29 is 24.5 Å². The summed E-state index contributed by atoms with van der Waals surface area (Å²) in [6, 6.07) is 55.1. The minimum absolute atomic E-state index is 0. The standard InChI is InChI=1S/C29H25NO.C18H25NSi.C15H17N.Ir/c1-2-10-22(11-3-1)23-12-7-15-27-28(23)25-14-6-13-24(29(25)31-27)26-19-21(16-17-30-26)18-20-8-4-5-9-20;1-14(2)11-16-12-17(15-9-7-6-8-10-15)19-13-18(16)20(3,4)5;1-12(2)10-13-8-9-16-15(11-13)14-6-4-3-5-7-14;/h1-3,6-7,10-17,19-20H,4-5,8-9,18H2;6-10,12-14H,11H2,1-5H3;3-9,11-12H,10H2,1-2H3;. The molecule has 5 aromatic carbocycles. The zero-order valence-corrected chi connectivity index (χ0v) is 44.4. The number of fused-ring (bicyclic) bond motifs is 3. The molecule has 4 nitrogen and oxygen atoms in total. The van der Waals surface area contributed by atoms with Gasteiger partial charge in [-0.05, 0) is 112 Å². The molecule has 0 atom stereocenters. The number of benzene rings is 5. The van der Waals surface area contributed by atoms with Gasteiger partial charge in [0, 0.05) is 66.2 Å². The van der Waals surface area contributed by atoms with Crippen LogP contribution in [-0.4, -0.2) is 23.0 Å². The third-order valence-corrected chi connectivity index (χ3v) is 14.8. The van der Waals surface area contributed by atoms with Gasteiger partial charge in [0.1, 0.15) is 11.2 Å². The van der Waals surface area contributed by atoms with Gasteiger partial charge in [0.25, 0.3) is 0 Å². The van der Waals surface area contributed by atoms with Crippen LogP contribution < -0.4 is 5.19 Å². The fraction of sp³-hybridized carbons (Fsp3) is 0.274. The number of pyridine rings is 3. The zero-order chi connectivity index (χ0) is 46.8. The molecule has 0 unspecified atom stereocenters. The molecular weight excluding hydrogens is 1020 g/mol. The van der Waals surface area contributed by atoms with Gasteiger partial charge in [-0.25, -0.2) is 0 Å². The first-order chi connectivity index (χ1) is 32.5. The maximum Gasteiger partial charge on any atom is 0.144 e. The van der Waals surface area contributed by atoms with Crippen molar-refractivity contribution in [1.29, 1.82) is 0 Å². The van der Waals surface area contributed by atoms with Crippen LogP contribution in [0.1, 0.15) is 70.1 Å². The molecule has 1 saturated carbocycles. The van der Waals surface area contributed by atoms with Gasteiger partial charge in [0.15, 0.2) is 0 Å². The minimum Gasteiger partial charge on any atom is -0.455 e. The molecule has 4 aromatic heterocycles. The Hall–Kier alpha value is -5.78. The van der Waals surface area contributed by atoms with E-state index >= 15 is 0 Å². The van der Waals surface area contributed by atoms with Crippen LogP contribution >= 0.6 is 0 Å². The first-order valence-corrected chi connectivity index (χ1v) is 28.0. The monoisotopic (exact) mass is 1090 g/mol. The number of furan rings is 1. The van der Waals surface area contributed by atoms with Crippen LogP contribution in [-0.2, 0) is 39.4 Å². The maximum absolute atomic E-state index is 6.43. The molecule has 0 amide bonds. The van der Waals surface area contributed by atoms with Gasteiger partial charge in [0.2, 0.25) is 0 Å². The van der Waals surface area contributed by atoms with Crippen LogP contribution in [0.2, 0.25) is 19.6 Å². The first kappa shape index (κ1) is 50.1. The van der Waals surface area contributed by atoms with Gasteiger partial charge in [-0.2, -0.15) is 0 Å². The number of aromatic nitrogens is 3. The Morgan fingerprint density at radius 2 is 1.09 bits per heavy atom. The number of para-hydroxylation sites is 1. The molecule has 1 fully saturated rings. The summed E-state index contributed by atoms with van der Waals surface area (Å²) in [4.78, 5) is 13.9. The summed E-state index contributed by atoms with van der Waals surface area (Å²) in [5.41, 5.74) is 15.1. The van der Waals surface area contributed by atoms with Crippen molar-refractivity contribution in [1.82, 2.24) is 15.0 Å². The van der Waals surface area contributed by atoms with E-state index < -0.39 is 8.07 Å². The Labute approximate surface area is 420 Å². The molecule has 0 spiro atoms. The number of hydrogen-bond donors (Lipinski definition) is 0. The average molecular weight is 1090 g/mol. The third-order valence-electron chi connectivity index (χ3n) is 12.7. The fourth-order valence-corrected chi connectivity index (χ4v) is 11.2. The second-order valence-corrected chi connectivity index (χ2v) is 25.2. The molecule has 0 bridgehead atoms. The molecule has 68 heavy (non-hydrogen) atoms. The molecule has 9 aromatic rings. The van der Waals surface area contributed by atoms with Gasteiger partial charge in [-0.3, -0.25) is 15.0 Å². The van der Waals surface area contributed by atoms with Crippen molar-refractivity contribution >= 4 is 35.2 Å². The molecule has 0 saturated heterocycles. The topological polar surface area (TPSA) is 51.8 Å². The van der Waals surface area contributed by atoms with Gasteiger partial charge in [0.05, 0.1) is 25.2 Å². The van der Waals surface area contributed by atoms with Gasteiger partial charge in [-0.1, -0.05) is 188 Å². The number of nitrogens with zero attached hydrogens (tertiary/aromatic N) is 3. The van der Waals surface area contributed by atoms with Gasteiger partial charge in [-0.15, -0.1) is 0 Å². The fourth-order valence-electron chi connectivity index (χ4n) is 9.59. The summed E-state index contributed by atoms with van der Waals surface area (Å²) in [7, 11) is -1.33. The summed E-state index contributed by atoms with van der Waals surface area (Å²) in [5.74, 6) is 2.19. The molecule has 10 rings (SSSR count). The molecule has 4 heterocycles. The smallest absolute Gasteiger partial charge is 0.144 e. The maximum atomic E-state index is 6.43. The molecule has 0 aliphatic heterocycles.